The molecule has 3 aromatic rings. The number of nitrogens with zero attached hydrogens (tertiary/aromatic N) is 4. The summed E-state index contributed by atoms with van der Waals surface area (Å²) in [5.41, 5.74) is 4.63. The van der Waals surface area contributed by atoms with E-state index in [0.29, 0.717) is 23.6 Å². The predicted molar refractivity (Wildman–Crippen MR) is 148 cm³/mol. The Morgan fingerprint density at radius 1 is 1.11 bits per heavy atom. The number of carbonyl (C=O) groups is 1. The van der Waals surface area contributed by atoms with Crippen LogP contribution in [0.4, 0.5) is 0 Å². The van der Waals surface area contributed by atoms with Crippen LogP contribution in [-0.2, 0) is 20.3 Å². The summed E-state index contributed by atoms with van der Waals surface area (Å²) in [6.45, 7) is 6.92. The maximum Gasteiger partial charge on any atom is 0.283 e. The second kappa shape index (κ2) is 10.3. The fraction of sp³-hybridized carbons (Fsp3) is 0.357. The van der Waals surface area contributed by atoms with Crippen molar-refractivity contribution in [3.63, 3.8) is 0 Å². The van der Waals surface area contributed by atoms with Gasteiger partial charge in [0.05, 0.1) is 29.9 Å². The van der Waals surface area contributed by atoms with Crippen molar-refractivity contribution in [2.45, 2.75) is 37.5 Å². The lowest BCUT2D eigenvalue weighted by Crippen LogP contribution is -2.26. The van der Waals surface area contributed by atoms with Crippen LogP contribution in [0.5, 0.6) is 5.75 Å². The summed E-state index contributed by atoms with van der Waals surface area (Å²) < 4.78 is 36.8. The van der Waals surface area contributed by atoms with E-state index in [9.17, 15) is 13.2 Å². The molecular formula is C28H34N4O5S. The maximum absolute atomic E-state index is 13.1. The van der Waals surface area contributed by atoms with Gasteiger partial charge in [0.15, 0.2) is 0 Å². The molecule has 0 N–H and O–H groups in total. The molecule has 0 radical (unpaired) electrons. The van der Waals surface area contributed by atoms with Gasteiger partial charge in [-0.3, -0.25) is 9.63 Å². The third-order valence-corrected chi connectivity index (χ3v) is 8.08. The van der Waals surface area contributed by atoms with Crippen molar-refractivity contribution in [1.82, 2.24) is 14.5 Å². The number of aromatic nitrogens is 1. The Bertz CT molecular complexity index is 1490. The largest absolute Gasteiger partial charge is 0.493 e. The highest BCUT2D eigenvalue weighted by Crippen LogP contribution is 2.41. The van der Waals surface area contributed by atoms with Crippen LogP contribution < -0.4 is 4.74 Å². The summed E-state index contributed by atoms with van der Waals surface area (Å²) in [5, 5.41) is 1.18. The summed E-state index contributed by atoms with van der Waals surface area (Å²) >= 11 is 0. The van der Waals surface area contributed by atoms with Crippen LogP contribution in [0.25, 0.3) is 16.9 Å². The number of sulfonamides is 1. The number of amides is 1. The topological polar surface area (TPSA) is 93.4 Å². The fourth-order valence-electron chi connectivity index (χ4n) is 4.50. The number of fused-ring (bicyclic) bond motifs is 1. The molecule has 2 heterocycles. The number of hydroxylamine groups is 2. The van der Waals surface area contributed by atoms with Crippen molar-refractivity contribution in [3.8, 4) is 22.7 Å². The Balaban J connectivity index is 1.87. The van der Waals surface area contributed by atoms with E-state index in [1.54, 1.807) is 38.2 Å². The first kappa shape index (κ1) is 27.4. The molecule has 202 valence electrons. The molecular weight excluding hydrogens is 504 g/mol. The molecule has 0 bridgehead atoms. The minimum absolute atomic E-state index is 0.0614. The Morgan fingerprint density at radius 3 is 2.42 bits per heavy atom. The first-order valence-electron chi connectivity index (χ1n) is 12.3. The molecule has 0 spiro atoms. The molecule has 1 aliphatic rings. The van der Waals surface area contributed by atoms with Crippen LogP contribution in [0.3, 0.4) is 0 Å². The van der Waals surface area contributed by atoms with Crippen molar-refractivity contribution in [3.05, 3.63) is 65.4 Å². The van der Waals surface area contributed by atoms with E-state index in [1.165, 1.54) is 30.6 Å². The van der Waals surface area contributed by atoms with Gasteiger partial charge in [0.1, 0.15) is 12.1 Å². The third kappa shape index (κ3) is 5.19. The molecule has 38 heavy (non-hydrogen) atoms. The highest BCUT2D eigenvalue weighted by Gasteiger charge is 2.30. The minimum atomic E-state index is -3.85. The van der Waals surface area contributed by atoms with E-state index in [1.807, 2.05) is 29.7 Å². The smallest absolute Gasteiger partial charge is 0.283 e. The number of hydrogen-bond donors (Lipinski definition) is 0. The summed E-state index contributed by atoms with van der Waals surface area (Å²) in [5.74, 6) is 0.576. The molecule has 0 saturated heterocycles. The normalized spacial score (nSPS) is 14.7. The Kier molecular flexibility index (Phi) is 7.40. The average molecular weight is 539 g/mol. The molecule has 0 saturated carbocycles. The van der Waals surface area contributed by atoms with Gasteiger partial charge in [0.2, 0.25) is 0 Å². The van der Waals surface area contributed by atoms with E-state index in [0.717, 1.165) is 29.0 Å². The van der Waals surface area contributed by atoms with Gasteiger partial charge in [-0.2, -0.15) is 8.42 Å². The van der Waals surface area contributed by atoms with Crippen molar-refractivity contribution in [2.75, 3.05) is 34.9 Å². The van der Waals surface area contributed by atoms with Crippen LogP contribution in [0.2, 0.25) is 0 Å². The van der Waals surface area contributed by atoms with Gasteiger partial charge < -0.3 is 14.2 Å². The first-order valence-corrected chi connectivity index (χ1v) is 13.7. The average Bonchev–Trinajstić information content (AvgIpc) is 3.23. The minimum Gasteiger partial charge on any atom is -0.493 e. The van der Waals surface area contributed by atoms with Gasteiger partial charge in [-0.05, 0) is 72.9 Å². The van der Waals surface area contributed by atoms with Crippen molar-refractivity contribution >= 4 is 22.3 Å². The third-order valence-electron chi connectivity index (χ3n) is 6.84. The molecule has 0 fully saturated rings. The highest BCUT2D eigenvalue weighted by molar-refractivity contribution is 7.90. The van der Waals surface area contributed by atoms with Crippen LogP contribution in [-0.4, -0.2) is 70.1 Å². The number of rotatable bonds is 7. The van der Waals surface area contributed by atoms with E-state index in [4.69, 9.17) is 9.57 Å². The second-order valence-electron chi connectivity index (χ2n) is 10.2. The zero-order valence-corrected chi connectivity index (χ0v) is 23.7. The Morgan fingerprint density at radius 2 is 1.79 bits per heavy atom. The lowest BCUT2D eigenvalue weighted by Gasteiger charge is -2.32. The SMILES string of the molecule is CON(C)C(=O)c1cc(-c2ccc3c(c2)C(C)(C)CCO3)n(-c2ccc(S(=O)(=O)/N=C/N(C)C)cc2)c1C. The van der Waals surface area contributed by atoms with Crippen molar-refractivity contribution < 1.29 is 22.8 Å². The van der Waals surface area contributed by atoms with Gasteiger partial charge in [0, 0.05) is 38.1 Å². The van der Waals surface area contributed by atoms with Crippen molar-refractivity contribution in [2.24, 2.45) is 4.40 Å². The standard InChI is InChI=1S/C28H34N4O5S/c1-19-23(27(33)31(6)36-7)17-25(20-8-13-26-24(16-20)28(2,3)14-15-37-26)32(19)21-9-11-22(12-10-21)38(34,35)29-18-30(4)5/h8-13,16-18H,14-15H2,1-7H3/b29-18+. The molecule has 4 rings (SSSR count). The van der Waals surface area contributed by atoms with E-state index < -0.39 is 10.0 Å². The van der Waals surface area contributed by atoms with Gasteiger partial charge >= 0.3 is 0 Å². The summed E-state index contributed by atoms with van der Waals surface area (Å²) in [7, 11) is 2.56. The molecule has 0 atom stereocenters. The maximum atomic E-state index is 13.1. The summed E-state index contributed by atoms with van der Waals surface area (Å²) in [4.78, 5) is 19.9. The Labute approximate surface area is 224 Å². The molecule has 2 aromatic carbocycles. The van der Waals surface area contributed by atoms with Crippen LogP contribution in [0, 0.1) is 6.92 Å². The second-order valence-corrected chi connectivity index (χ2v) is 11.8. The summed E-state index contributed by atoms with van der Waals surface area (Å²) in [6, 6.07) is 14.4. The number of carbonyl (C=O) groups excluding carboxylic acids is 1. The number of hydrogen-bond acceptors (Lipinski definition) is 5. The molecule has 1 amide bonds. The van der Waals surface area contributed by atoms with Gasteiger partial charge in [-0.25, -0.2) is 5.06 Å². The zero-order valence-electron chi connectivity index (χ0n) is 22.8. The molecule has 9 nitrogen and oxygen atoms in total. The van der Waals surface area contributed by atoms with Gasteiger partial charge in [-0.1, -0.05) is 13.8 Å². The number of ether oxygens (including phenoxy) is 1. The van der Waals surface area contributed by atoms with E-state index >= 15 is 0 Å². The molecule has 0 unspecified atom stereocenters. The molecule has 1 aromatic heterocycles. The molecule has 1 aliphatic heterocycles. The molecule has 10 heteroatoms. The van der Waals surface area contributed by atoms with Crippen molar-refractivity contribution in [1.29, 1.82) is 0 Å². The van der Waals surface area contributed by atoms with Gasteiger partial charge in [0.25, 0.3) is 15.9 Å². The lowest BCUT2D eigenvalue weighted by atomic mass is 9.79. The van der Waals surface area contributed by atoms with Gasteiger partial charge in [-0.15, -0.1) is 4.40 Å². The highest BCUT2D eigenvalue weighted by atomic mass is 32.2. The van der Waals surface area contributed by atoms with Crippen LogP contribution >= 0.6 is 0 Å². The monoisotopic (exact) mass is 538 g/mol. The summed E-state index contributed by atoms with van der Waals surface area (Å²) in [6.07, 6.45) is 2.15. The molecule has 0 aliphatic carbocycles. The van der Waals surface area contributed by atoms with Crippen LogP contribution in [0.15, 0.2) is 57.8 Å². The zero-order chi connectivity index (χ0) is 27.8. The first-order chi connectivity index (χ1) is 17.9. The van der Waals surface area contributed by atoms with E-state index in [-0.39, 0.29) is 16.2 Å². The fourth-order valence-corrected chi connectivity index (χ4v) is 5.41. The Hall–Kier alpha value is -3.63. The predicted octanol–water partition coefficient (Wildman–Crippen LogP) is 4.42. The number of benzene rings is 2. The van der Waals surface area contributed by atoms with Crippen LogP contribution in [0.1, 0.15) is 41.9 Å². The quantitative estimate of drug-likeness (QED) is 0.251. The van der Waals surface area contributed by atoms with E-state index in [2.05, 4.69) is 24.3 Å². The lowest BCUT2D eigenvalue weighted by molar-refractivity contribution is -0.0757.